The van der Waals surface area contributed by atoms with Gasteiger partial charge in [0.15, 0.2) is 0 Å². The van der Waals surface area contributed by atoms with E-state index >= 15 is 0 Å². The van der Waals surface area contributed by atoms with Crippen LogP contribution in [-0.4, -0.2) is 12.3 Å². The number of furan rings is 1. The molecule has 4 aliphatic carbocycles. The molecule has 4 heteroatoms. The molecule has 0 spiro atoms. The zero-order chi connectivity index (χ0) is 48.4. The topological polar surface area (TPSA) is 19.6 Å². The number of aryl methyl sites for hydroxylation is 1. The largest absolute Gasteiger partial charge is 0.456 e. The van der Waals surface area contributed by atoms with Gasteiger partial charge in [-0.15, -0.1) is 0 Å². The second-order valence-electron chi connectivity index (χ2n) is 27.1. The Kier molecular flexibility index (Phi) is 8.49. The van der Waals surface area contributed by atoms with E-state index in [2.05, 4.69) is 190 Å². The van der Waals surface area contributed by atoms with Gasteiger partial charge in [0.1, 0.15) is 11.2 Å². The average Bonchev–Trinajstić information content (AvgIpc) is 3.87. The van der Waals surface area contributed by atoms with E-state index in [-0.39, 0.29) is 44.7 Å². The fraction of sp³-hybridized carbons (Fsp3) is 0.455. The Morgan fingerprint density at radius 1 is 0.557 bits per heavy atom. The molecule has 2 fully saturated rings. The Morgan fingerprint density at radius 3 is 2.01 bits per heavy atom. The summed E-state index contributed by atoms with van der Waals surface area (Å²) in [6.45, 7) is 30.4. The van der Waals surface area contributed by atoms with Crippen LogP contribution in [0.4, 0.5) is 28.4 Å². The predicted octanol–water partition coefficient (Wildman–Crippen LogP) is 15.9. The molecule has 6 aromatic carbocycles. The van der Waals surface area contributed by atoms with Gasteiger partial charge in [0, 0.05) is 50.5 Å². The lowest BCUT2D eigenvalue weighted by Crippen LogP contribution is -2.62. The Morgan fingerprint density at radius 2 is 1.24 bits per heavy atom. The molecule has 0 saturated heterocycles. The maximum absolute atomic E-state index is 6.53. The highest BCUT2D eigenvalue weighted by Crippen LogP contribution is 2.68. The number of nitrogens with zero attached hydrogens (tertiary/aromatic N) is 2. The van der Waals surface area contributed by atoms with E-state index < -0.39 is 0 Å². The smallest absolute Gasteiger partial charge is 0.247 e. The van der Waals surface area contributed by atoms with Gasteiger partial charge in [-0.1, -0.05) is 149 Å². The molecule has 0 amide bonds. The summed E-state index contributed by atoms with van der Waals surface area (Å²) in [5.74, 6) is 0.356. The van der Waals surface area contributed by atoms with Crippen LogP contribution < -0.4 is 26.2 Å². The molecule has 4 heterocycles. The number of benzene rings is 6. The zero-order valence-corrected chi connectivity index (χ0v) is 44.3. The maximum Gasteiger partial charge on any atom is 0.247 e. The highest BCUT2D eigenvalue weighted by atomic mass is 16.3. The molecule has 2 saturated carbocycles. The lowest BCUT2D eigenvalue weighted by Gasteiger charge is -2.51. The molecule has 0 N–H and O–H groups in total. The van der Waals surface area contributed by atoms with Crippen molar-refractivity contribution in [2.24, 2.45) is 5.41 Å². The molecule has 5 unspecified atom stereocenters. The molecule has 3 nitrogen and oxygen atoms in total. The van der Waals surface area contributed by atoms with E-state index in [1.807, 2.05) is 0 Å². The molecular formula is C66H73BN2O. The molecule has 0 radical (unpaired) electrons. The van der Waals surface area contributed by atoms with Gasteiger partial charge >= 0.3 is 0 Å². The van der Waals surface area contributed by atoms with Crippen LogP contribution in [0.2, 0.25) is 0 Å². The lowest BCUT2D eigenvalue weighted by molar-refractivity contribution is 0.0925. The molecule has 14 rings (SSSR count). The van der Waals surface area contributed by atoms with Crippen molar-refractivity contribution in [3.05, 3.63) is 142 Å². The molecule has 70 heavy (non-hydrogen) atoms. The molecule has 1 aromatic heterocycles. The van der Waals surface area contributed by atoms with Crippen LogP contribution in [0.15, 0.2) is 101 Å². The number of para-hydroxylation sites is 1. The first-order chi connectivity index (χ1) is 33.2. The standard InChI is InChI=1S/C66H73BN2O/c1-39-31-45-58-57-49(63(9)25-15-16-27-65(58,63)11)33-40(60(2,3)4)34-51(57)67-50-23-21-42(36-53(50)68(54(32-39)59(45)67)41-22-24-56-44(35-41)43-19-13-14-20-55(43)70-56)69-52-38-47-46(61(5,6)29-30-62(47,7)8)37-48(52)64(10)26-17-18-28-66(64,69)12/h13-14,19-24,31-38,58H,15-18,25-30H2,1-12H3. The third-order valence-electron chi connectivity index (χ3n) is 21.5. The number of rotatable bonds is 2. The highest BCUT2D eigenvalue weighted by Gasteiger charge is 2.63. The van der Waals surface area contributed by atoms with Gasteiger partial charge in [-0.05, 0) is 183 Å². The highest BCUT2D eigenvalue weighted by molar-refractivity contribution is 6.99. The summed E-state index contributed by atoms with van der Waals surface area (Å²) in [7, 11) is 0. The van der Waals surface area contributed by atoms with Crippen molar-refractivity contribution in [2.75, 3.05) is 9.80 Å². The van der Waals surface area contributed by atoms with Crippen LogP contribution in [0.5, 0.6) is 0 Å². The molecule has 5 atom stereocenters. The van der Waals surface area contributed by atoms with E-state index in [0.29, 0.717) is 5.92 Å². The number of anilines is 5. The van der Waals surface area contributed by atoms with Gasteiger partial charge in [-0.3, -0.25) is 0 Å². The van der Waals surface area contributed by atoms with Crippen molar-refractivity contribution in [2.45, 2.75) is 186 Å². The minimum Gasteiger partial charge on any atom is -0.456 e. The van der Waals surface area contributed by atoms with Gasteiger partial charge in [0.25, 0.3) is 0 Å². The van der Waals surface area contributed by atoms with Crippen LogP contribution in [0.1, 0.15) is 191 Å². The number of fused-ring (bicyclic) bond motifs is 14. The summed E-state index contributed by atoms with van der Waals surface area (Å²) < 4.78 is 6.53. The molecular weight excluding hydrogens is 848 g/mol. The van der Waals surface area contributed by atoms with Crippen molar-refractivity contribution < 1.29 is 4.42 Å². The first-order valence-corrected chi connectivity index (χ1v) is 27.4. The fourth-order valence-electron chi connectivity index (χ4n) is 17.0. The third kappa shape index (κ3) is 5.29. The minimum atomic E-state index is -0.0725. The van der Waals surface area contributed by atoms with Crippen LogP contribution in [0.25, 0.3) is 21.9 Å². The van der Waals surface area contributed by atoms with E-state index in [1.165, 1.54) is 125 Å². The quantitative estimate of drug-likeness (QED) is 0.161. The van der Waals surface area contributed by atoms with E-state index in [0.717, 1.165) is 11.2 Å². The second-order valence-corrected chi connectivity index (χ2v) is 27.1. The summed E-state index contributed by atoms with van der Waals surface area (Å²) in [6, 6.07) is 39.4. The second kappa shape index (κ2) is 13.6. The van der Waals surface area contributed by atoms with E-state index in [4.69, 9.17) is 4.42 Å². The summed E-state index contributed by atoms with van der Waals surface area (Å²) in [5, 5.41) is 2.35. The Labute approximate surface area is 418 Å². The number of hydrogen-bond acceptors (Lipinski definition) is 3. The van der Waals surface area contributed by atoms with Crippen LogP contribution >= 0.6 is 0 Å². The lowest BCUT2D eigenvalue weighted by atomic mass is 9.30. The fourth-order valence-corrected chi connectivity index (χ4v) is 17.0. The molecule has 7 aliphatic rings. The Hall–Kier alpha value is -5.22. The van der Waals surface area contributed by atoms with Gasteiger partial charge in [0.05, 0.1) is 5.54 Å². The Bertz CT molecular complexity index is 3450. The van der Waals surface area contributed by atoms with E-state index in [1.54, 1.807) is 38.8 Å². The van der Waals surface area contributed by atoms with Crippen LogP contribution in [0.3, 0.4) is 0 Å². The third-order valence-corrected chi connectivity index (χ3v) is 21.5. The maximum atomic E-state index is 6.53. The van der Waals surface area contributed by atoms with Crippen molar-refractivity contribution in [1.82, 2.24) is 0 Å². The Balaban J connectivity index is 1.07. The van der Waals surface area contributed by atoms with Crippen molar-refractivity contribution in [3.8, 4) is 0 Å². The monoisotopic (exact) mass is 921 g/mol. The minimum absolute atomic E-state index is 0.0196. The summed E-state index contributed by atoms with van der Waals surface area (Å²) in [5.41, 5.74) is 26.0. The van der Waals surface area contributed by atoms with Gasteiger partial charge in [-0.2, -0.15) is 0 Å². The van der Waals surface area contributed by atoms with Crippen molar-refractivity contribution in [3.63, 3.8) is 0 Å². The van der Waals surface area contributed by atoms with E-state index in [9.17, 15) is 0 Å². The van der Waals surface area contributed by atoms with Gasteiger partial charge in [-0.25, -0.2) is 0 Å². The van der Waals surface area contributed by atoms with Crippen LogP contribution in [-0.2, 0) is 27.1 Å². The summed E-state index contributed by atoms with van der Waals surface area (Å²) >= 11 is 0. The first kappa shape index (κ1) is 43.6. The van der Waals surface area contributed by atoms with Gasteiger partial charge in [0.2, 0.25) is 6.71 Å². The molecule has 0 bridgehead atoms. The SMILES string of the molecule is Cc1cc2c3c(c1)N(c1ccc4oc5ccccc5c4c1)c1cc(N4c5cc6c(cc5C5(C)CCCCC45C)C(C)(C)CCC6(C)C)ccc1B3c1cc(C(C)(C)C)cc3c1C2C1(C)CCCCC31C. The predicted molar refractivity (Wildman–Crippen MR) is 297 cm³/mol. The zero-order valence-electron chi connectivity index (χ0n) is 44.3. The molecule has 356 valence electrons. The number of hydrogen-bond donors (Lipinski definition) is 0. The summed E-state index contributed by atoms with van der Waals surface area (Å²) in [6.07, 6.45) is 12.5. The molecule has 7 aromatic rings. The van der Waals surface area contributed by atoms with Crippen LogP contribution in [0, 0.1) is 12.3 Å². The van der Waals surface area contributed by atoms with Gasteiger partial charge < -0.3 is 14.2 Å². The van der Waals surface area contributed by atoms with Crippen molar-refractivity contribution in [1.29, 1.82) is 0 Å². The normalized spacial score (nSPS) is 28.5. The first-order valence-electron chi connectivity index (χ1n) is 27.4. The average molecular weight is 921 g/mol. The summed E-state index contributed by atoms with van der Waals surface area (Å²) in [4.78, 5) is 5.58. The van der Waals surface area contributed by atoms with Crippen molar-refractivity contribution >= 4 is 73.5 Å². The molecule has 3 aliphatic heterocycles.